The van der Waals surface area contributed by atoms with E-state index in [1.54, 1.807) is 4.52 Å². The van der Waals surface area contributed by atoms with Crippen LogP contribution in [0.3, 0.4) is 0 Å². The topological polar surface area (TPSA) is 68.2 Å². The number of aromatic nitrogens is 3. The molecule has 0 bridgehead atoms. The highest BCUT2D eigenvalue weighted by atomic mass is 79.9. The Hall–Kier alpha value is -1.66. The fourth-order valence-electron chi connectivity index (χ4n) is 3.51. The zero-order valence-corrected chi connectivity index (χ0v) is 14.7. The van der Waals surface area contributed by atoms with Gasteiger partial charge in [-0.15, -0.1) is 0 Å². The van der Waals surface area contributed by atoms with E-state index in [2.05, 4.69) is 45.4 Å². The Labute approximate surface area is 143 Å². The molecule has 2 aromatic heterocycles. The number of nitrogen functional groups attached to an aromatic ring is 1. The first-order valence-electron chi connectivity index (χ1n) is 8.08. The molecule has 5 nitrogen and oxygen atoms in total. The van der Waals surface area contributed by atoms with Gasteiger partial charge in [0.15, 0.2) is 5.65 Å². The monoisotopic (exact) mass is 373 g/mol. The largest absolute Gasteiger partial charge is 0.383 e. The predicted octanol–water partition coefficient (Wildman–Crippen LogP) is 3.27. The SMILES string of the molecule is CC1=CCC=C1c1cnn2c(N)c(Br)c(C3CCCNC3)nc12. The summed E-state index contributed by atoms with van der Waals surface area (Å²) >= 11 is 3.64. The summed E-state index contributed by atoms with van der Waals surface area (Å²) in [6.07, 6.45) is 9.62. The van der Waals surface area contributed by atoms with Crippen LogP contribution in [-0.4, -0.2) is 27.7 Å². The lowest BCUT2D eigenvalue weighted by Crippen LogP contribution is -2.29. The van der Waals surface area contributed by atoms with Gasteiger partial charge in [0, 0.05) is 18.0 Å². The third kappa shape index (κ3) is 2.40. The van der Waals surface area contributed by atoms with E-state index in [-0.39, 0.29) is 0 Å². The summed E-state index contributed by atoms with van der Waals surface area (Å²) in [7, 11) is 0. The van der Waals surface area contributed by atoms with Gasteiger partial charge in [0.05, 0.1) is 16.4 Å². The molecular weight excluding hydrogens is 354 g/mol. The van der Waals surface area contributed by atoms with E-state index in [4.69, 9.17) is 10.7 Å². The molecule has 0 saturated carbocycles. The maximum absolute atomic E-state index is 6.33. The standard InChI is InChI=1S/C17H20BrN5/c1-10-4-2-6-12(10)13-9-21-23-16(19)14(18)15(22-17(13)23)11-5-3-7-20-8-11/h4,6,9,11,20H,2-3,5,7-8,19H2,1H3. The summed E-state index contributed by atoms with van der Waals surface area (Å²) in [5.41, 5.74) is 11.8. The minimum absolute atomic E-state index is 0.391. The second-order valence-corrected chi connectivity index (χ2v) is 7.07. The Balaban J connectivity index is 1.88. The summed E-state index contributed by atoms with van der Waals surface area (Å²) in [5, 5.41) is 7.91. The lowest BCUT2D eigenvalue weighted by Gasteiger charge is -2.24. The van der Waals surface area contributed by atoms with Crippen LogP contribution in [0.5, 0.6) is 0 Å². The molecule has 0 aromatic carbocycles. The molecule has 3 N–H and O–H groups in total. The van der Waals surface area contributed by atoms with Gasteiger partial charge in [0.1, 0.15) is 5.82 Å². The number of nitrogens with one attached hydrogen (secondary N) is 1. The van der Waals surface area contributed by atoms with Crippen molar-refractivity contribution in [2.45, 2.75) is 32.1 Å². The molecule has 120 valence electrons. The molecule has 6 heteroatoms. The molecule has 0 radical (unpaired) electrons. The smallest absolute Gasteiger partial charge is 0.165 e. The first-order chi connectivity index (χ1) is 11.2. The minimum Gasteiger partial charge on any atom is -0.383 e. The number of rotatable bonds is 2. The van der Waals surface area contributed by atoms with E-state index >= 15 is 0 Å². The van der Waals surface area contributed by atoms with Gasteiger partial charge in [-0.1, -0.05) is 12.2 Å². The first-order valence-corrected chi connectivity index (χ1v) is 8.87. The van der Waals surface area contributed by atoms with Crippen molar-refractivity contribution in [3.05, 3.63) is 39.7 Å². The zero-order chi connectivity index (χ0) is 16.0. The Morgan fingerprint density at radius 3 is 2.96 bits per heavy atom. The average Bonchev–Trinajstić information content (AvgIpc) is 3.17. The van der Waals surface area contributed by atoms with Gasteiger partial charge >= 0.3 is 0 Å². The summed E-state index contributed by atoms with van der Waals surface area (Å²) in [5.74, 6) is 1.02. The molecular formula is C17H20BrN5. The maximum atomic E-state index is 6.33. The van der Waals surface area contributed by atoms with E-state index in [9.17, 15) is 0 Å². The van der Waals surface area contributed by atoms with Gasteiger partial charge in [-0.05, 0) is 59.8 Å². The van der Waals surface area contributed by atoms with Crippen LogP contribution in [0, 0.1) is 0 Å². The number of nitrogens with two attached hydrogens (primary N) is 1. The molecule has 4 rings (SSSR count). The zero-order valence-electron chi connectivity index (χ0n) is 13.1. The number of nitrogens with zero attached hydrogens (tertiary/aromatic N) is 3. The summed E-state index contributed by atoms with van der Waals surface area (Å²) in [4.78, 5) is 4.96. The quantitative estimate of drug-likeness (QED) is 0.847. The van der Waals surface area contributed by atoms with Crippen molar-refractivity contribution in [2.24, 2.45) is 0 Å². The van der Waals surface area contributed by atoms with Crippen molar-refractivity contribution >= 4 is 33.0 Å². The van der Waals surface area contributed by atoms with Crippen LogP contribution in [-0.2, 0) is 0 Å². The van der Waals surface area contributed by atoms with E-state index in [0.29, 0.717) is 11.7 Å². The third-order valence-electron chi connectivity index (χ3n) is 4.79. The Morgan fingerprint density at radius 1 is 1.39 bits per heavy atom. The number of allylic oxidation sites excluding steroid dienone is 4. The lowest BCUT2D eigenvalue weighted by molar-refractivity contribution is 0.453. The Bertz CT molecular complexity index is 827. The molecule has 2 aliphatic rings. The van der Waals surface area contributed by atoms with E-state index in [1.165, 1.54) is 17.6 Å². The summed E-state index contributed by atoms with van der Waals surface area (Å²) in [6.45, 7) is 4.17. The molecule has 1 unspecified atom stereocenters. The van der Waals surface area contributed by atoms with Crippen molar-refractivity contribution in [2.75, 3.05) is 18.8 Å². The van der Waals surface area contributed by atoms with Gasteiger partial charge in [-0.3, -0.25) is 0 Å². The number of halogens is 1. The third-order valence-corrected chi connectivity index (χ3v) is 5.61. The van der Waals surface area contributed by atoms with Crippen molar-refractivity contribution in [3.63, 3.8) is 0 Å². The maximum Gasteiger partial charge on any atom is 0.165 e. The highest BCUT2D eigenvalue weighted by Crippen LogP contribution is 2.36. The number of fused-ring (bicyclic) bond motifs is 1. The van der Waals surface area contributed by atoms with Crippen molar-refractivity contribution in [1.82, 2.24) is 19.9 Å². The molecule has 2 aromatic rings. The highest BCUT2D eigenvalue weighted by Gasteiger charge is 2.24. The molecule has 1 aliphatic carbocycles. The van der Waals surface area contributed by atoms with Crippen LogP contribution in [0.2, 0.25) is 0 Å². The summed E-state index contributed by atoms with van der Waals surface area (Å²) in [6, 6.07) is 0. The van der Waals surface area contributed by atoms with Crippen LogP contribution >= 0.6 is 15.9 Å². The summed E-state index contributed by atoms with van der Waals surface area (Å²) < 4.78 is 2.62. The second kappa shape index (κ2) is 5.76. The van der Waals surface area contributed by atoms with E-state index in [0.717, 1.165) is 47.3 Å². The average molecular weight is 374 g/mol. The van der Waals surface area contributed by atoms with Crippen LogP contribution < -0.4 is 11.1 Å². The Morgan fingerprint density at radius 2 is 2.26 bits per heavy atom. The molecule has 1 atom stereocenters. The van der Waals surface area contributed by atoms with Gasteiger partial charge in [-0.2, -0.15) is 9.61 Å². The molecule has 3 heterocycles. The molecule has 1 aliphatic heterocycles. The number of hydrogen-bond donors (Lipinski definition) is 2. The molecule has 0 amide bonds. The predicted molar refractivity (Wildman–Crippen MR) is 96.3 cm³/mol. The fraction of sp³-hybridized carbons (Fsp3) is 0.412. The number of anilines is 1. The normalized spacial score (nSPS) is 21.6. The Kier molecular flexibility index (Phi) is 3.73. The van der Waals surface area contributed by atoms with Gasteiger partial charge in [-0.25, -0.2) is 4.98 Å². The van der Waals surface area contributed by atoms with Gasteiger partial charge < -0.3 is 11.1 Å². The molecule has 1 saturated heterocycles. The van der Waals surface area contributed by atoms with Crippen molar-refractivity contribution in [3.8, 4) is 0 Å². The first kappa shape index (κ1) is 14.9. The van der Waals surface area contributed by atoms with Crippen molar-refractivity contribution < 1.29 is 0 Å². The highest BCUT2D eigenvalue weighted by molar-refractivity contribution is 9.10. The number of hydrogen-bond acceptors (Lipinski definition) is 4. The molecule has 0 spiro atoms. The van der Waals surface area contributed by atoms with Crippen LogP contribution in [0.15, 0.2) is 28.4 Å². The second-order valence-electron chi connectivity index (χ2n) is 6.27. The lowest BCUT2D eigenvalue weighted by atomic mass is 9.95. The van der Waals surface area contributed by atoms with Crippen molar-refractivity contribution in [1.29, 1.82) is 0 Å². The van der Waals surface area contributed by atoms with Crippen LogP contribution in [0.4, 0.5) is 5.82 Å². The van der Waals surface area contributed by atoms with E-state index in [1.807, 2.05) is 6.20 Å². The van der Waals surface area contributed by atoms with Crippen LogP contribution in [0.25, 0.3) is 11.2 Å². The minimum atomic E-state index is 0.391. The van der Waals surface area contributed by atoms with Gasteiger partial charge in [0.2, 0.25) is 0 Å². The number of piperidine rings is 1. The molecule has 1 fully saturated rings. The fourth-order valence-corrected chi connectivity index (χ4v) is 4.09. The molecule has 23 heavy (non-hydrogen) atoms. The van der Waals surface area contributed by atoms with Crippen LogP contribution in [0.1, 0.15) is 43.4 Å². The van der Waals surface area contributed by atoms with E-state index < -0.39 is 0 Å². The van der Waals surface area contributed by atoms with Gasteiger partial charge in [0.25, 0.3) is 0 Å².